The lowest BCUT2D eigenvalue weighted by molar-refractivity contribution is 0.303. The van der Waals surface area contributed by atoms with Crippen LogP contribution in [0.25, 0.3) is 6.08 Å². The van der Waals surface area contributed by atoms with E-state index in [9.17, 15) is 0 Å². The number of nitrogens with one attached hydrogen (secondary N) is 2. The SMILES string of the molecule is CCCCC[C@@H]1CCCCCCc2cc1c(/C=C1/N=C(c3ccc[nH]3)C=C1OC)[nH]2. The van der Waals surface area contributed by atoms with Gasteiger partial charge < -0.3 is 14.7 Å². The molecule has 0 saturated heterocycles. The highest BCUT2D eigenvalue weighted by Gasteiger charge is 2.21. The summed E-state index contributed by atoms with van der Waals surface area (Å²) in [5, 5.41) is 0. The molecule has 4 heteroatoms. The molecule has 4 nitrogen and oxygen atoms in total. The van der Waals surface area contributed by atoms with Crippen molar-refractivity contribution in [3.05, 3.63) is 64.6 Å². The van der Waals surface area contributed by atoms with E-state index in [0.29, 0.717) is 5.92 Å². The molecule has 0 amide bonds. The van der Waals surface area contributed by atoms with Gasteiger partial charge >= 0.3 is 0 Å². The molecule has 0 radical (unpaired) electrons. The zero-order valence-corrected chi connectivity index (χ0v) is 18.5. The summed E-state index contributed by atoms with van der Waals surface area (Å²) in [6.07, 6.45) is 19.1. The van der Waals surface area contributed by atoms with Crippen LogP contribution in [-0.2, 0) is 11.2 Å². The fraction of sp³-hybridized carbons (Fsp3) is 0.500. The van der Waals surface area contributed by atoms with Gasteiger partial charge in [-0.05, 0) is 61.4 Å². The topological polar surface area (TPSA) is 53.2 Å². The zero-order valence-electron chi connectivity index (χ0n) is 18.5. The molecule has 0 saturated carbocycles. The number of hydrogen-bond acceptors (Lipinski definition) is 2. The summed E-state index contributed by atoms with van der Waals surface area (Å²) >= 11 is 0. The van der Waals surface area contributed by atoms with Crippen molar-refractivity contribution in [3.8, 4) is 0 Å². The molecule has 3 heterocycles. The number of aromatic amines is 2. The molecule has 1 aliphatic carbocycles. The van der Waals surface area contributed by atoms with E-state index in [2.05, 4.69) is 29.0 Å². The number of methoxy groups -OCH3 is 1. The largest absolute Gasteiger partial charge is 0.494 e. The smallest absolute Gasteiger partial charge is 0.146 e. The Morgan fingerprint density at radius 2 is 2.10 bits per heavy atom. The van der Waals surface area contributed by atoms with Crippen LogP contribution in [0.4, 0.5) is 0 Å². The van der Waals surface area contributed by atoms with Crippen LogP contribution in [0.15, 0.2) is 46.9 Å². The first-order valence-corrected chi connectivity index (χ1v) is 11.7. The van der Waals surface area contributed by atoms with Gasteiger partial charge in [-0.2, -0.15) is 0 Å². The van der Waals surface area contributed by atoms with E-state index in [-0.39, 0.29) is 0 Å². The summed E-state index contributed by atoms with van der Waals surface area (Å²) in [4.78, 5) is 11.9. The monoisotopic (exact) mass is 405 g/mol. The van der Waals surface area contributed by atoms with Gasteiger partial charge in [-0.1, -0.05) is 45.4 Å². The second kappa shape index (κ2) is 10.0. The maximum Gasteiger partial charge on any atom is 0.146 e. The molecule has 160 valence electrons. The van der Waals surface area contributed by atoms with E-state index >= 15 is 0 Å². The van der Waals surface area contributed by atoms with Gasteiger partial charge in [0.25, 0.3) is 0 Å². The van der Waals surface area contributed by atoms with Gasteiger partial charge in [0.1, 0.15) is 11.5 Å². The first-order valence-electron chi connectivity index (χ1n) is 11.7. The van der Waals surface area contributed by atoms with E-state index < -0.39 is 0 Å². The van der Waals surface area contributed by atoms with Crippen molar-refractivity contribution in [1.82, 2.24) is 9.97 Å². The number of H-pyrrole nitrogens is 2. The number of aliphatic imine (C=N–C) groups is 1. The lowest BCUT2D eigenvalue weighted by Crippen LogP contribution is -2.01. The highest BCUT2D eigenvalue weighted by Crippen LogP contribution is 2.35. The number of allylic oxidation sites excluding steroid dienone is 1. The van der Waals surface area contributed by atoms with Gasteiger partial charge in [0, 0.05) is 23.7 Å². The first kappa shape index (κ1) is 20.8. The lowest BCUT2D eigenvalue weighted by atomic mass is 9.87. The predicted molar refractivity (Wildman–Crippen MR) is 125 cm³/mol. The Morgan fingerprint density at radius 1 is 1.20 bits per heavy atom. The van der Waals surface area contributed by atoms with E-state index in [1.807, 2.05) is 24.4 Å². The molecular weight excluding hydrogens is 370 g/mol. The molecule has 1 aliphatic heterocycles. The van der Waals surface area contributed by atoms with Crippen molar-refractivity contribution >= 4 is 11.8 Å². The minimum Gasteiger partial charge on any atom is -0.494 e. The Balaban J connectivity index is 1.67. The Morgan fingerprint density at radius 3 is 2.90 bits per heavy atom. The summed E-state index contributed by atoms with van der Waals surface area (Å²) in [6.45, 7) is 2.29. The highest BCUT2D eigenvalue weighted by molar-refractivity contribution is 6.11. The van der Waals surface area contributed by atoms with Crippen LogP contribution in [0.5, 0.6) is 0 Å². The molecule has 2 aliphatic rings. The summed E-state index contributed by atoms with van der Waals surface area (Å²) in [5.74, 6) is 1.46. The molecule has 2 N–H and O–H groups in total. The zero-order chi connectivity index (χ0) is 20.8. The number of fused-ring (bicyclic) bond motifs is 2. The number of rotatable bonds is 7. The average Bonchev–Trinajstić information content (AvgIpc) is 3.49. The second-order valence-corrected chi connectivity index (χ2v) is 8.63. The van der Waals surface area contributed by atoms with Crippen LogP contribution in [0, 0.1) is 0 Å². The standard InChI is InChI=1S/C26H35N3O/c1-3-4-7-11-19-12-8-5-6-9-13-20-16-21(19)23(28-20)17-25-26(30-2)18-24(29-25)22-14-10-15-27-22/h10,14-19,27-28H,3-9,11-13H2,1-2H3/b25-17+/t19-/m1/s1. The van der Waals surface area contributed by atoms with Crippen LogP contribution in [0.3, 0.4) is 0 Å². The molecule has 1 atom stereocenters. The molecule has 2 aromatic rings. The maximum absolute atomic E-state index is 5.67. The summed E-state index contributed by atoms with van der Waals surface area (Å²) in [7, 11) is 1.73. The Labute approximate surface area is 180 Å². The number of nitrogens with zero attached hydrogens (tertiary/aromatic N) is 1. The second-order valence-electron chi connectivity index (χ2n) is 8.63. The molecule has 4 rings (SSSR count). The van der Waals surface area contributed by atoms with E-state index in [1.165, 1.54) is 74.7 Å². The summed E-state index contributed by atoms with van der Waals surface area (Å²) in [6, 6.07) is 6.48. The van der Waals surface area contributed by atoms with Gasteiger partial charge in [0.05, 0.1) is 18.5 Å². The fourth-order valence-electron chi connectivity index (χ4n) is 4.74. The number of ether oxygens (including phenoxy) is 1. The van der Waals surface area contributed by atoms with Crippen molar-refractivity contribution in [3.63, 3.8) is 0 Å². The third kappa shape index (κ3) is 4.80. The molecular formula is C26H35N3O. The third-order valence-electron chi connectivity index (χ3n) is 6.42. The van der Waals surface area contributed by atoms with Crippen molar-refractivity contribution in [2.24, 2.45) is 4.99 Å². The van der Waals surface area contributed by atoms with E-state index in [0.717, 1.165) is 29.3 Å². The lowest BCUT2D eigenvalue weighted by Gasteiger charge is -2.18. The number of aryl methyl sites for hydroxylation is 1. The third-order valence-corrected chi connectivity index (χ3v) is 6.42. The Bertz CT molecular complexity index is 914. The van der Waals surface area contributed by atoms with Gasteiger partial charge in [-0.25, -0.2) is 4.99 Å². The van der Waals surface area contributed by atoms with Gasteiger partial charge in [-0.3, -0.25) is 0 Å². The average molecular weight is 406 g/mol. The molecule has 30 heavy (non-hydrogen) atoms. The van der Waals surface area contributed by atoms with E-state index in [4.69, 9.17) is 9.73 Å². The fourth-order valence-corrected chi connectivity index (χ4v) is 4.74. The van der Waals surface area contributed by atoms with Crippen molar-refractivity contribution < 1.29 is 4.74 Å². The summed E-state index contributed by atoms with van der Waals surface area (Å²) in [5.41, 5.74) is 6.92. The quantitative estimate of drug-likeness (QED) is 0.484. The minimum absolute atomic E-state index is 0.634. The van der Waals surface area contributed by atoms with Crippen LogP contribution in [-0.4, -0.2) is 22.8 Å². The highest BCUT2D eigenvalue weighted by atomic mass is 16.5. The van der Waals surface area contributed by atoms with Crippen LogP contribution in [0.1, 0.15) is 93.3 Å². The minimum atomic E-state index is 0.634. The molecule has 0 aromatic carbocycles. The predicted octanol–water partition coefficient (Wildman–Crippen LogP) is 6.89. The van der Waals surface area contributed by atoms with Crippen molar-refractivity contribution in [2.45, 2.75) is 77.0 Å². The Kier molecular flexibility index (Phi) is 6.93. The number of unbranched alkanes of at least 4 members (excludes halogenated alkanes) is 2. The number of aromatic nitrogens is 2. The van der Waals surface area contributed by atoms with E-state index in [1.54, 1.807) is 7.11 Å². The molecule has 0 unspecified atom stereocenters. The first-order chi connectivity index (χ1) is 14.8. The molecule has 2 aromatic heterocycles. The van der Waals surface area contributed by atoms with Gasteiger partial charge in [0.2, 0.25) is 0 Å². The van der Waals surface area contributed by atoms with Crippen LogP contribution < -0.4 is 0 Å². The van der Waals surface area contributed by atoms with Crippen molar-refractivity contribution in [2.75, 3.05) is 7.11 Å². The molecule has 2 bridgehead atoms. The molecule has 0 fully saturated rings. The number of hydrogen-bond donors (Lipinski definition) is 2. The molecule has 0 spiro atoms. The van der Waals surface area contributed by atoms with Crippen LogP contribution >= 0.6 is 0 Å². The van der Waals surface area contributed by atoms with Crippen LogP contribution in [0.2, 0.25) is 0 Å². The van der Waals surface area contributed by atoms with Gasteiger partial charge in [-0.15, -0.1) is 0 Å². The summed E-state index contributed by atoms with van der Waals surface area (Å²) < 4.78 is 5.67. The normalized spacial score (nSPS) is 20.9. The Hall–Kier alpha value is -2.49. The maximum atomic E-state index is 5.67. The van der Waals surface area contributed by atoms with Crippen molar-refractivity contribution in [1.29, 1.82) is 0 Å². The van der Waals surface area contributed by atoms with Gasteiger partial charge in [0.15, 0.2) is 0 Å².